The van der Waals surface area contributed by atoms with Crippen LogP contribution in [0.1, 0.15) is 34.5 Å². The fourth-order valence-corrected chi connectivity index (χ4v) is 4.14. The zero-order valence-corrected chi connectivity index (χ0v) is 14.2. The molecule has 0 aliphatic carbocycles. The maximum absolute atomic E-state index is 12.4. The molecule has 1 amide bonds. The standard InChI is InChI=1S/C18H22N2OS/c1-12-4-5-13(2)16(10-12)19-18(21)11-20-8-6-17-15(14(20)3)7-9-22-17/h4-5,7,9-10,14H,6,8,11H2,1-3H3,(H,19,21)/p+1/t14-/m1/s1. The maximum atomic E-state index is 12.4. The molecule has 0 saturated heterocycles. The van der Waals surface area contributed by atoms with Crippen molar-refractivity contribution < 1.29 is 9.69 Å². The van der Waals surface area contributed by atoms with Crippen LogP contribution in [-0.2, 0) is 11.2 Å². The lowest BCUT2D eigenvalue weighted by molar-refractivity contribution is -0.923. The number of aryl methyl sites for hydroxylation is 2. The predicted octanol–water partition coefficient (Wildman–Crippen LogP) is 2.51. The summed E-state index contributed by atoms with van der Waals surface area (Å²) in [6.45, 7) is 7.87. The van der Waals surface area contributed by atoms with Crippen molar-refractivity contribution in [2.24, 2.45) is 0 Å². The van der Waals surface area contributed by atoms with Gasteiger partial charge in [-0.15, -0.1) is 11.3 Å². The lowest BCUT2D eigenvalue weighted by atomic mass is 10.0. The summed E-state index contributed by atoms with van der Waals surface area (Å²) in [7, 11) is 0. The minimum absolute atomic E-state index is 0.106. The van der Waals surface area contributed by atoms with Crippen molar-refractivity contribution >= 4 is 22.9 Å². The molecule has 0 spiro atoms. The lowest BCUT2D eigenvalue weighted by Gasteiger charge is -2.30. The number of amides is 1. The van der Waals surface area contributed by atoms with Gasteiger partial charge in [0.25, 0.3) is 5.91 Å². The van der Waals surface area contributed by atoms with Crippen LogP contribution in [0.25, 0.3) is 0 Å². The van der Waals surface area contributed by atoms with E-state index in [1.807, 2.05) is 31.3 Å². The number of nitrogens with one attached hydrogen (secondary N) is 2. The van der Waals surface area contributed by atoms with Gasteiger partial charge >= 0.3 is 0 Å². The molecule has 1 aliphatic rings. The zero-order valence-electron chi connectivity index (χ0n) is 13.4. The van der Waals surface area contributed by atoms with Crippen LogP contribution < -0.4 is 10.2 Å². The summed E-state index contributed by atoms with van der Waals surface area (Å²) in [5.74, 6) is 0.106. The summed E-state index contributed by atoms with van der Waals surface area (Å²) in [6.07, 6.45) is 1.09. The summed E-state index contributed by atoms with van der Waals surface area (Å²) in [5, 5.41) is 5.25. The minimum Gasteiger partial charge on any atom is -0.321 e. The van der Waals surface area contributed by atoms with E-state index in [4.69, 9.17) is 0 Å². The van der Waals surface area contributed by atoms with Crippen LogP contribution in [0.4, 0.5) is 5.69 Å². The summed E-state index contributed by atoms with van der Waals surface area (Å²) in [4.78, 5) is 15.3. The van der Waals surface area contributed by atoms with E-state index in [2.05, 4.69) is 35.8 Å². The van der Waals surface area contributed by atoms with Crippen molar-refractivity contribution in [3.63, 3.8) is 0 Å². The van der Waals surface area contributed by atoms with E-state index in [1.54, 1.807) is 0 Å². The van der Waals surface area contributed by atoms with Crippen molar-refractivity contribution in [3.8, 4) is 0 Å². The highest BCUT2D eigenvalue weighted by molar-refractivity contribution is 7.10. The van der Waals surface area contributed by atoms with E-state index in [0.717, 1.165) is 24.2 Å². The molecule has 3 nitrogen and oxygen atoms in total. The number of hydrogen-bond acceptors (Lipinski definition) is 2. The van der Waals surface area contributed by atoms with Gasteiger partial charge in [-0.3, -0.25) is 4.79 Å². The molecule has 0 saturated carbocycles. The van der Waals surface area contributed by atoms with Crippen LogP contribution >= 0.6 is 11.3 Å². The molecule has 0 fully saturated rings. The van der Waals surface area contributed by atoms with Gasteiger partial charge in [0.1, 0.15) is 6.04 Å². The Morgan fingerprint density at radius 3 is 3.00 bits per heavy atom. The Morgan fingerprint density at radius 2 is 2.18 bits per heavy atom. The van der Waals surface area contributed by atoms with Gasteiger partial charge in [0, 0.05) is 22.5 Å². The molecule has 4 heteroatoms. The third kappa shape index (κ3) is 3.08. The summed E-state index contributed by atoms with van der Waals surface area (Å²) in [5.41, 5.74) is 4.64. The number of fused-ring (bicyclic) bond motifs is 1. The van der Waals surface area contributed by atoms with E-state index in [9.17, 15) is 4.79 Å². The van der Waals surface area contributed by atoms with Gasteiger partial charge in [0.05, 0.1) is 6.54 Å². The van der Waals surface area contributed by atoms with E-state index in [0.29, 0.717) is 12.6 Å². The third-order valence-corrected chi connectivity index (χ3v) is 5.58. The summed E-state index contributed by atoms with van der Waals surface area (Å²) < 4.78 is 0. The van der Waals surface area contributed by atoms with Crippen molar-refractivity contribution in [3.05, 3.63) is 51.2 Å². The number of thiophene rings is 1. The number of carbonyl (C=O) groups is 1. The fourth-order valence-electron chi connectivity index (χ4n) is 3.16. The molecule has 2 heterocycles. The smallest absolute Gasteiger partial charge is 0.279 e. The van der Waals surface area contributed by atoms with E-state index >= 15 is 0 Å². The zero-order chi connectivity index (χ0) is 15.7. The molecule has 1 aliphatic heterocycles. The summed E-state index contributed by atoms with van der Waals surface area (Å²) in [6, 6.07) is 8.78. The molecule has 0 bridgehead atoms. The number of hydrogen-bond donors (Lipinski definition) is 2. The van der Waals surface area contributed by atoms with Crippen molar-refractivity contribution in [2.75, 3.05) is 18.4 Å². The first-order chi connectivity index (χ1) is 10.5. The molecule has 0 radical (unpaired) electrons. The highest BCUT2D eigenvalue weighted by Crippen LogP contribution is 2.24. The predicted molar refractivity (Wildman–Crippen MR) is 91.7 cm³/mol. The van der Waals surface area contributed by atoms with Crippen LogP contribution in [0.2, 0.25) is 0 Å². The van der Waals surface area contributed by atoms with Gasteiger partial charge in [-0.05, 0) is 49.4 Å². The molecule has 1 aromatic heterocycles. The Bertz CT molecular complexity index is 692. The van der Waals surface area contributed by atoms with Gasteiger partial charge in [-0.2, -0.15) is 0 Å². The minimum atomic E-state index is 0.106. The Hall–Kier alpha value is -1.65. The largest absolute Gasteiger partial charge is 0.321 e. The van der Waals surface area contributed by atoms with Gasteiger partial charge in [-0.1, -0.05) is 12.1 Å². The SMILES string of the molecule is Cc1ccc(C)c(NC(=O)C[NH+]2CCc3sccc3[C@H]2C)c1. The monoisotopic (exact) mass is 315 g/mol. The molecular formula is C18H23N2OS+. The van der Waals surface area contributed by atoms with Crippen molar-refractivity contribution in [1.29, 1.82) is 0 Å². The quantitative estimate of drug-likeness (QED) is 0.896. The van der Waals surface area contributed by atoms with Crippen LogP contribution in [-0.4, -0.2) is 19.0 Å². The van der Waals surface area contributed by atoms with Gasteiger partial charge in [0.2, 0.25) is 0 Å². The average Bonchev–Trinajstić information content (AvgIpc) is 2.95. The van der Waals surface area contributed by atoms with Crippen molar-refractivity contribution in [1.82, 2.24) is 0 Å². The molecular weight excluding hydrogens is 292 g/mol. The summed E-state index contributed by atoms with van der Waals surface area (Å²) >= 11 is 1.84. The Morgan fingerprint density at radius 1 is 1.36 bits per heavy atom. The van der Waals surface area contributed by atoms with Crippen molar-refractivity contribution in [2.45, 2.75) is 33.2 Å². The van der Waals surface area contributed by atoms with Gasteiger partial charge in [-0.25, -0.2) is 0 Å². The molecule has 1 unspecified atom stereocenters. The highest BCUT2D eigenvalue weighted by Gasteiger charge is 2.29. The molecule has 22 heavy (non-hydrogen) atoms. The number of quaternary nitrogens is 1. The Balaban J connectivity index is 1.66. The molecule has 1 aromatic carbocycles. The first-order valence-corrected chi connectivity index (χ1v) is 8.70. The molecule has 2 atom stereocenters. The van der Waals surface area contributed by atoms with Gasteiger partial charge < -0.3 is 10.2 Å². The Labute approximate surface area is 136 Å². The van der Waals surface area contributed by atoms with Crippen LogP contribution in [0.15, 0.2) is 29.6 Å². The molecule has 2 aromatic rings. The first-order valence-electron chi connectivity index (χ1n) is 7.82. The second kappa shape index (κ2) is 6.23. The number of carbonyl (C=O) groups excluding carboxylic acids is 1. The highest BCUT2D eigenvalue weighted by atomic mass is 32.1. The van der Waals surface area contributed by atoms with E-state index < -0.39 is 0 Å². The topological polar surface area (TPSA) is 33.5 Å². The van der Waals surface area contributed by atoms with Crippen LogP contribution in [0.5, 0.6) is 0 Å². The normalized spacial score (nSPS) is 20.5. The third-order valence-electron chi connectivity index (χ3n) is 4.59. The lowest BCUT2D eigenvalue weighted by Crippen LogP contribution is -3.14. The molecule has 116 valence electrons. The molecule has 3 rings (SSSR count). The van der Waals surface area contributed by atoms with E-state index in [-0.39, 0.29) is 5.91 Å². The van der Waals surface area contributed by atoms with E-state index in [1.165, 1.54) is 20.9 Å². The number of anilines is 1. The molecule has 2 N–H and O–H groups in total. The Kier molecular flexibility index (Phi) is 4.32. The number of benzene rings is 1. The van der Waals surface area contributed by atoms with Crippen LogP contribution in [0, 0.1) is 13.8 Å². The second-order valence-corrected chi connectivity index (χ2v) is 7.22. The second-order valence-electron chi connectivity index (χ2n) is 6.22. The van der Waals surface area contributed by atoms with Crippen LogP contribution in [0.3, 0.4) is 0 Å². The maximum Gasteiger partial charge on any atom is 0.279 e. The average molecular weight is 315 g/mol. The van der Waals surface area contributed by atoms with Gasteiger partial charge in [0.15, 0.2) is 6.54 Å². The first kappa shape index (κ1) is 15.3. The number of rotatable bonds is 3. The fraction of sp³-hybridized carbons (Fsp3) is 0.389.